The van der Waals surface area contributed by atoms with Gasteiger partial charge in [0.25, 0.3) is 5.91 Å². The number of anilines is 1. The number of carbonyl (C=O) groups is 2. The zero-order valence-electron chi connectivity index (χ0n) is 20.9. The van der Waals surface area contributed by atoms with Gasteiger partial charge in [0.05, 0.1) is 19.3 Å². The van der Waals surface area contributed by atoms with Crippen LogP contribution in [-0.2, 0) is 19.6 Å². The van der Waals surface area contributed by atoms with Crippen LogP contribution in [0.4, 0.5) is 5.69 Å². The van der Waals surface area contributed by atoms with Crippen molar-refractivity contribution in [3.8, 4) is 0 Å². The van der Waals surface area contributed by atoms with Crippen molar-refractivity contribution in [3.05, 3.63) is 28.8 Å². The molecule has 35 heavy (non-hydrogen) atoms. The molecule has 0 atom stereocenters. The maximum atomic E-state index is 13.2. The lowest BCUT2D eigenvalue weighted by molar-refractivity contribution is -0.146. The molecule has 11 heteroatoms. The summed E-state index contributed by atoms with van der Waals surface area (Å²) in [7, 11) is -1.58. The predicted octanol–water partition coefficient (Wildman–Crippen LogP) is 2.59. The van der Waals surface area contributed by atoms with Gasteiger partial charge in [-0.15, -0.1) is 0 Å². The highest BCUT2D eigenvalue weighted by atomic mass is 35.5. The van der Waals surface area contributed by atoms with Gasteiger partial charge in [0.15, 0.2) is 0 Å². The molecule has 1 heterocycles. The monoisotopic (exact) mass is 531 g/mol. The number of rotatable bonds is 11. The number of sulfonamides is 1. The third kappa shape index (κ3) is 9.95. The highest BCUT2D eigenvalue weighted by Crippen LogP contribution is 2.24. The first-order valence-corrected chi connectivity index (χ1v) is 13.9. The van der Waals surface area contributed by atoms with E-state index in [-0.39, 0.29) is 32.3 Å². The van der Waals surface area contributed by atoms with Gasteiger partial charge in [0.2, 0.25) is 15.9 Å². The molecular weight excluding hydrogens is 490 g/mol. The van der Waals surface area contributed by atoms with E-state index >= 15 is 0 Å². The van der Waals surface area contributed by atoms with Crippen LogP contribution in [0.2, 0.25) is 5.02 Å². The Kier molecular flexibility index (Phi) is 12.5. The molecule has 0 aliphatic carbocycles. The minimum absolute atomic E-state index is 0. The Morgan fingerprint density at radius 2 is 1.77 bits per heavy atom. The van der Waals surface area contributed by atoms with Crippen LogP contribution in [0.25, 0.3) is 0 Å². The molecule has 0 aromatic heterocycles. The fourth-order valence-corrected chi connectivity index (χ4v) is 4.84. The predicted molar refractivity (Wildman–Crippen MR) is 143 cm³/mol. The molecule has 1 aliphatic heterocycles. The summed E-state index contributed by atoms with van der Waals surface area (Å²) in [6.45, 7) is 8.31. The van der Waals surface area contributed by atoms with Gasteiger partial charge in [-0.25, -0.2) is 13.4 Å². The molecular formula is C24H42ClN5O4S. The van der Waals surface area contributed by atoms with Crippen LogP contribution in [0, 0.1) is 12.8 Å². The average Bonchev–Trinajstić information content (AvgIpc) is 2.76. The summed E-state index contributed by atoms with van der Waals surface area (Å²) in [5, 5.41) is 6.83. The third-order valence-electron chi connectivity index (χ3n) is 5.92. The molecule has 200 valence electrons. The number of nitrogens with zero attached hydrogens (tertiary/aromatic N) is 4. The van der Waals surface area contributed by atoms with E-state index in [0.29, 0.717) is 43.7 Å². The molecule has 9 nitrogen and oxygen atoms in total. The Morgan fingerprint density at radius 3 is 2.34 bits per heavy atom. The molecule has 1 fully saturated rings. The maximum absolute atomic E-state index is 13.2. The summed E-state index contributed by atoms with van der Waals surface area (Å²) >= 11 is 6.22. The van der Waals surface area contributed by atoms with E-state index in [1.807, 2.05) is 18.0 Å². The molecule has 0 saturated carbocycles. The lowest BCUT2D eigenvalue weighted by Gasteiger charge is -2.39. The van der Waals surface area contributed by atoms with E-state index in [0.717, 1.165) is 24.1 Å². The number of halogens is 1. The molecule has 0 bridgehead atoms. The van der Waals surface area contributed by atoms with Crippen LogP contribution < -0.4 is 10.2 Å². The quantitative estimate of drug-likeness (QED) is 0.441. The normalized spacial score (nSPS) is 14.9. The van der Waals surface area contributed by atoms with Crippen LogP contribution in [0.15, 0.2) is 18.2 Å². The number of piperazine rings is 1. The zero-order chi connectivity index (χ0) is 25.5. The highest BCUT2D eigenvalue weighted by molar-refractivity contribution is 7.88. The lowest BCUT2D eigenvalue weighted by Crippen LogP contribution is -2.56. The third-order valence-corrected chi connectivity index (χ3v) is 7.46. The van der Waals surface area contributed by atoms with Gasteiger partial charge < -0.3 is 10.2 Å². The van der Waals surface area contributed by atoms with Crippen molar-refractivity contribution in [2.24, 2.45) is 5.92 Å². The summed E-state index contributed by atoms with van der Waals surface area (Å²) in [5.41, 5.74) is 1.64. The van der Waals surface area contributed by atoms with Gasteiger partial charge in [-0.1, -0.05) is 38.9 Å². The van der Waals surface area contributed by atoms with Gasteiger partial charge in [-0.2, -0.15) is 4.31 Å². The van der Waals surface area contributed by atoms with E-state index in [4.69, 9.17) is 11.6 Å². The number of hydrogen-bond donors (Lipinski definition) is 1. The molecule has 2 rings (SSSR count). The van der Waals surface area contributed by atoms with Crippen molar-refractivity contribution in [2.45, 2.75) is 41.0 Å². The largest absolute Gasteiger partial charge is 0.355 e. The van der Waals surface area contributed by atoms with Crippen molar-refractivity contribution in [2.75, 3.05) is 64.0 Å². The summed E-state index contributed by atoms with van der Waals surface area (Å²) in [5.74, 6) is 0.232. The van der Waals surface area contributed by atoms with Crippen molar-refractivity contribution < 1.29 is 18.0 Å². The maximum Gasteiger partial charge on any atom is 0.256 e. The van der Waals surface area contributed by atoms with Crippen molar-refractivity contribution in [1.82, 2.24) is 19.6 Å². The number of carbonyl (C=O) groups excluding carboxylic acids is 2. The Hall–Kier alpha value is -1.88. The van der Waals surface area contributed by atoms with Crippen LogP contribution in [0.5, 0.6) is 0 Å². The highest BCUT2D eigenvalue weighted by Gasteiger charge is 2.28. The second kappa shape index (κ2) is 14.0. The average molecular weight is 532 g/mol. The number of aryl methyl sites for hydroxylation is 1. The number of benzene rings is 1. The molecule has 0 spiro atoms. The minimum atomic E-state index is -3.25. The van der Waals surface area contributed by atoms with Crippen molar-refractivity contribution >= 4 is 39.1 Å². The van der Waals surface area contributed by atoms with Crippen molar-refractivity contribution in [1.29, 1.82) is 0 Å². The van der Waals surface area contributed by atoms with Gasteiger partial charge in [0, 0.05) is 50.5 Å². The molecule has 1 aromatic carbocycles. The van der Waals surface area contributed by atoms with Crippen molar-refractivity contribution in [3.63, 3.8) is 0 Å². The fourth-order valence-electron chi connectivity index (χ4n) is 3.85. The molecule has 0 unspecified atom stereocenters. The molecule has 1 aliphatic rings. The minimum Gasteiger partial charge on any atom is -0.355 e. The Labute approximate surface area is 216 Å². The van der Waals surface area contributed by atoms with E-state index in [2.05, 4.69) is 19.2 Å². The van der Waals surface area contributed by atoms with E-state index < -0.39 is 10.0 Å². The van der Waals surface area contributed by atoms with Gasteiger partial charge in [0.1, 0.15) is 0 Å². The second-order valence-electron chi connectivity index (χ2n) is 9.21. The molecule has 1 saturated heterocycles. The van der Waals surface area contributed by atoms with Crippen LogP contribution in [-0.4, -0.2) is 93.7 Å². The molecule has 1 aromatic rings. The lowest BCUT2D eigenvalue weighted by atomic mass is 10.1. The molecule has 0 radical (unpaired) electrons. The van der Waals surface area contributed by atoms with Crippen LogP contribution in [0.3, 0.4) is 0 Å². The van der Waals surface area contributed by atoms with E-state index in [1.54, 1.807) is 24.1 Å². The number of amides is 2. The topological polar surface area (TPSA) is 93.3 Å². The summed E-state index contributed by atoms with van der Waals surface area (Å²) < 4.78 is 24.9. The molecule has 1 N–H and O–H groups in total. The number of hydrazine groups is 1. The van der Waals surface area contributed by atoms with Gasteiger partial charge in [-0.3, -0.25) is 14.6 Å². The first-order chi connectivity index (χ1) is 15.9. The fraction of sp³-hybridized carbons (Fsp3) is 0.667. The number of likely N-dealkylation sites (N-methyl/N-ethyl adjacent to an activating group) is 1. The first-order valence-electron chi connectivity index (χ1n) is 11.6. The first kappa shape index (κ1) is 31.2. The summed E-state index contributed by atoms with van der Waals surface area (Å²) in [6, 6.07) is 5.41. The van der Waals surface area contributed by atoms with E-state index in [9.17, 15) is 18.0 Å². The van der Waals surface area contributed by atoms with Gasteiger partial charge in [-0.05, 0) is 43.4 Å². The Bertz CT molecular complexity index is 949. The Morgan fingerprint density at radius 1 is 1.14 bits per heavy atom. The van der Waals surface area contributed by atoms with E-state index in [1.165, 1.54) is 15.6 Å². The summed E-state index contributed by atoms with van der Waals surface area (Å²) in [6.07, 6.45) is 3.13. The number of hydrogen-bond acceptors (Lipinski definition) is 6. The molecule has 2 amide bonds. The van der Waals surface area contributed by atoms with Crippen LogP contribution >= 0.6 is 11.6 Å². The zero-order valence-corrected chi connectivity index (χ0v) is 22.5. The summed E-state index contributed by atoms with van der Waals surface area (Å²) in [4.78, 5) is 27.6. The second-order valence-corrected chi connectivity index (χ2v) is 11.6. The SMILES string of the molecule is C.Cc1ccc(Cl)cc1N(CC(=O)NCCCC(C)C)CC(=O)N(C)N1CCN(S(C)(=O)=O)CC1. The van der Waals surface area contributed by atoms with Gasteiger partial charge >= 0.3 is 0 Å². The standard InChI is InChI=1S/C23H38ClN5O4S.CH4/c1-18(2)7-6-10-25-22(30)16-27(21-15-20(24)9-8-19(21)3)17-23(31)26(4)28-11-13-29(14-12-28)34(5,32)33;/h8-9,15,18H,6-7,10-14,16-17H2,1-5H3,(H,25,30);1H4. The smallest absolute Gasteiger partial charge is 0.256 e. The van der Waals surface area contributed by atoms with Crippen LogP contribution in [0.1, 0.15) is 39.7 Å². The number of nitrogens with one attached hydrogen (secondary N) is 1. The Balaban J connectivity index is 0.00000612.